The van der Waals surface area contributed by atoms with Crippen LogP contribution in [0.15, 0.2) is 18.2 Å². The summed E-state index contributed by atoms with van der Waals surface area (Å²) >= 11 is 0. The first-order chi connectivity index (χ1) is 9.23. The Balaban J connectivity index is 2.64. The number of hydrogen-bond donors (Lipinski definition) is 1. The van der Waals surface area contributed by atoms with Crippen LogP contribution < -0.4 is 19.5 Å². The normalized spacial score (nSPS) is 12.0. The maximum absolute atomic E-state index is 5.84. The second-order valence-corrected chi connectivity index (χ2v) is 4.40. The number of likely N-dealkylation sites (N-methyl/N-ethyl adjacent to an activating group) is 1. The zero-order chi connectivity index (χ0) is 14.1. The summed E-state index contributed by atoms with van der Waals surface area (Å²) in [6.07, 6.45) is 2.25. The minimum absolute atomic E-state index is 0.382. The Labute approximate surface area is 116 Å². The summed E-state index contributed by atoms with van der Waals surface area (Å²) in [5, 5.41) is 3.42. The van der Waals surface area contributed by atoms with E-state index in [2.05, 4.69) is 19.2 Å². The third-order valence-corrected chi connectivity index (χ3v) is 2.91. The third kappa shape index (κ3) is 5.39. The van der Waals surface area contributed by atoms with Crippen LogP contribution in [-0.4, -0.2) is 33.4 Å². The smallest absolute Gasteiger partial charge is 0.126 e. The van der Waals surface area contributed by atoms with Crippen molar-refractivity contribution in [2.75, 3.05) is 27.4 Å². The van der Waals surface area contributed by atoms with Gasteiger partial charge in [-0.15, -0.1) is 0 Å². The number of ether oxygens (including phenoxy) is 3. The van der Waals surface area contributed by atoms with Gasteiger partial charge in [-0.3, -0.25) is 0 Å². The zero-order valence-corrected chi connectivity index (χ0v) is 12.4. The van der Waals surface area contributed by atoms with Crippen LogP contribution in [0, 0.1) is 0 Å². The van der Waals surface area contributed by atoms with Crippen molar-refractivity contribution >= 4 is 0 Å². The Hall–Kier alpha value is -1.42. The summed E-state index contributed by atoms with van der Waals surface area (Å²) in [5.74, 6) is 2.25. The minimum atomic E-state index is 0.382. The van der Waals surface area contributed by atoms with E-state index >= 15 is 0 Å². The maximum atomic E-state index is 5.84. The summed E-state index contributed by atoms with van der Waals surface area (Å²) in [6.45, 7) is 5.89. The van der Waals surface area contributed by atoms with Gasteiger partial charge in [-0.2, -0.15) is 0 Å². The van der Waals surface area contributed by atoms with Crippen LogP contribution in [0.3, 0.4) is 0 Å². The molecule has 0 radical (unpaired) electrons. The monoisotopic (exact) mass is 267 g/mol. The second kappa shape index (κ2) is 8.64. The highest BCUT2D eigenvalue weighted by molar-refractivity contribution is 5.41. The molecule has 0 saturated heterocycles. The van der Waals surface area contributed by atoms with Crippen molar-refractivity contribution in [2.45, 2.75) is 32.7 Å². The lowest BCUT2D eigenvalue weighted by molar-refractivity contribution is 0.255. The van der Waals surface area contributed by atoms with Crippen LogP contribution in [0.25, 0.3) is 0 Å². The number of rotatable bonds is 9. The Bertz CT molecular complexity index is 340. The first-order valence-corrected chi connectivity index (χ1v) is 6.82. The van der Waals surface area contributed by atoms with Gasteiger partial charge in [0.2, 0.25) is 0 Å². The third-order valence-electron chi connectivity index (χ3n) is 2.91. The molecule has 0 fully saturated rings. The molecular formula is C15H25NO3. The largest absolute Gasteiger partial charge is 0.496 e. The van der Waals surface area contributed by atoms with Crippen LogP contribution in [0.5, 0.6) is 17.2 Å². The molecule has 0 bridgehead atoms. The highest BCUT2D eigenvalue weighted by Gasteiger charge is 2.08. The topological polar surface area (TPSA) is 39.7 Å². The lowest BCUT2D eigenvalue weighted by Crippen LogP contribution is -2.34. The van der Waals surface area contributed by atoms with Gasteiger partial charge in [0.05, 0.1) is 14.2 Å². The van der Waals surface area contributed by atoms with E-state index in [1.165, 1.54) is 0 Å². The molecule has 19 heavy (non-hydrogen) atoms. The fourth-order valence-corrected chi connectivity index (χ4v) is 1.94. The number of nitrogens with one attached hydrogen (secondary N) is 1. The van der Waals surface area contributed by atoms with Crippen molar-refractivity contribution in [1.82, 2.24) is 5.32 Å². The summed E-state index contributed by atoms with van der Waals surface area (Å²) in [5.41, 5.74) is 0. The molecule has 4 nitrogen and oxygen atoms in total. The number of hydrogen-bond acceptors (Lipinski definition) is 4. The molecule has 1 unspecified atom stereocenters. The molecule has 1 N–H and O–H groups in total. The molecule has 1 aromatic rings. The SMILES string of the molecule is CCCC(COc1cc(OC)cc(OC)c1)NCC. The molecule has 0 spiro atoms. The molecule has 0 heterocycles. The van der Waals surface area contributed by atoms with Gasteiger partial charge in [-0.05, 0) is 13.0 Å². The quantitative estimate of drug-likeness (QED) is 0.747. The summed E-state index contributed by atoms with van der Waals surface area (Å²) < 4.78 is 16.3. The lowest BCUT2D eigenvalue weighted by atomic mass is 10.2. The summed E-state index contributed by atoms with van der Waals surface area (Å²) in [4.78, 5) is 0. The van der Waals surface area contributed by atoms with Crippen LogP contribution in [0.4, 0.5) is 0 Å². The molecule has 0 aromatic heterocycles. The molecule has 0 amide bonds. The molecule has 1 atom stereocenters. The van der Waals surface area contributed by atoms with Gasteiger partial charge in [0, 0.05) is 24.2 Å². The molecule has 108 valence electrons. The van der Waals surface area contributed by atoms with Crippen LogP contribution >= 0.6 is 0 Å². The van der Waals surface area contributed by atoms with Crippen molar-refractivity contribution in [3.05, 3.63) is 18.2 Å². The van der Waals surface area contributed by atoms with Crippen LogP contribution in [0.2, 0.25) is 0 Å². The van der Waals surface area contributed by atoms with E-state index in [1.807, 2.05) is 18.2 Å². The van der Waals surface area contributed by atoms with E-state index in [0.717, 1.165) is 36.6 Å². The van der Waals surface area contributed by atoms with Gasteiger partial charge in [-0.25, -0.2) is 0 Å². The molecular weight excluding hydrogens is 242 g/mol. The van der Waals surface area contributed by atoms with E-state index in [9.17, 15) is 0 Å². The first kappa shape index (κ1) is 15.6. The van der Waals surface area contributed by atoms with E-state index in [0.29, 0.717) is 12.6 Å². The van der Waals surface area contributed by atoms with Crippen molar-refractivity contribution in [1.29, 1.82) is 0 Å². The molecule has 4 heteroatoms. The van der Waals surface area contributed by atoms with Gasteiger partial charge >= 0.3 is 0 Å². The van der Waals surface area contributed by atoms with Crippen LogP contribution in [0.1, 0.15) is 26.7 Å². The van der Waals surface area contributed by atoms with Crippen molar-refractivity contribution in [2.24, 2.45) is 0 Å². The van der Waals surface area contributed by atoms with Gasteiger partial charge in [0.1, 0.15) is 23.9 Å². The van der Waals surface area contributed by atoms with Crippen molar-refractivity contribution < 1.29 is 14.2 Å². The average Bonchev–Trinajstić information content (AvgIpc) is 2.44. The highest BCUT2D eigenvalue weighted by atomic mass is 16.5. The first-order valence-electron chi connectivity index (χ1n) is 6.82. The van der Waals surface area contributed by atoms with Gasteiger partial charge in [0.25, 0.3) is 0 Å². The maximum Gasteiger partial charge on any atom is 0.126 e. The van der Waals surface area contributed by atoms with Gasteiger partial charge in [-0.1, -0.05) is 20.3 Å². The molecule has 0 aliphatic carbocycles. The molecule has 1 aromatic carbocycles. The van der Waals surface area contributed by atoms with E-state index in [4.69, 9.17) is 14.2 Å². The van der Waals surface area contributed by atoms with E-state index in [-0.39, 0.29) is 0 Å². The van der Waals surface area contributed by atoms with Gasteiger partial charge < -0.3 is 19.5 Å². The fraction of sp³-hybridized carbons (Fsp3) is 0.600. The Morgan fingerprint density at radius 3 is 2.05 bits per heavy atom. The standard InChI is InChI=1S/C15H25NO3/c1-5-7-12(16-6-2)11-19-15-9-13(17-3)8-14(10-15)18-4/h8-10,12,16H,5-7,11H2,1-4H3. The van der Waals surface area contributed by atoms with E-state index in [1.54, 1.807) is 14.2 Å². The second-order valence-electron chi connectivity index (χ2n) is 4.40. The van der Waals surface area contributed by atoms with Crippen molar-refractivity contribution in [3.63, 3.8) is 0 Å². The lowest BCUT2D eigenvalue weighted by Gasteiger charge is -2.18. The zero-order valence-electron chi connectivity index (χ0n) is 12.4. The van der Waals surface area contributed by atoms with E-state index < -0.39 is 0 Å². The summed E-state index contributed by atoms with van der Waals surface area (Å²) in [7, 11) is 3.27. The minimum Gasteiger partial charge on any atom is -0.496 e. The Morgan fingerprint density at radius 1 is 1.00 bits per heavy atom. The molecule has 0 aliphatic rings. The molecule has 0 saturated carbocycles. The average molecular weight is 267 g/mol. The van der Waals surface area contributed by atoms with Crippen molar-refractivity contribution in [3.8, 4) is 17.2 Å². The predicted octanol–water partition coefficient (Wildman–Crippen LogP) is 2.86. The summed E-state index contributed by atoms with van der Waals surface area (Å²) in [6, 6.07) is 5.96. The highest BCUT2D eigenvalue weighted by Crippen LogP contribution is 2.27. The van der Waals surface area contributed by atoms with Gasteiger partial charge in [0.15, 0.2) is 0 Å². The Morgan fingerprint density at radius 2 is 1.58 bits per heavy atom. The molecule has 1 rings (SSSR count). The molecule has 0 aliphatic heterocycles. The number of methoxy groups -OCH3 is 2. The predicted molar refractivity (Wildman–Crippen MR) is 77.4 cm³/mol. The Kier molecular flexibility index (Phi) is 7.11. The number of benzene rings is 1. The van der Waals surface area contributed by atoms with Crippen LogP contribution in [-0.2, 0) is 0 Å². The fourth-order valence-electron chi connectivity index (χ4n) is 1.94.